The Morgan fingerprint density at radius 2 is 0.785 bits per heavy atom. The number of esters is 6. The van der Waals surface area contributed by atoms with E-state index in [0.29, 0.717) is 77.6 Å². The van der Waals surface area contributed by atoms with E-state index in [-0.39, 0.29) is 82.5 Å². The standard InChI is InChI=1S/C21H36O2.C19H32O2.C18H28O4.C18H30O3.C18H30O2/c1-7-13-10-14(8-2)18-16-11-15(17(13)18)12-21(16,6)19(22)23-20(4,5)9-3;1-6-11-8-12(7-2)17-14-9-13(16(11)17)10-15(14)18(20)21-19(3,4)5;1-5-9-7-10(6-2)14-12-8-11(13(9)14)15(17(19)21-3)16(12)18(20)22-4;1-4-10-6-11(5-2)18-14-8-12(17(10)18)7-13(14)15(19)9-16(20)21-3;1-5-11-8-12(6-2)17-14-9-13(16(11)17)10(4)15(14)18(19)20-7-3/h13-18H,7-12H2,1-6H3;11-17H,6-10H2,1-5H3;9-16H,5-8H2,1-4H3;10-15,17-19H,4-9H2,1-3H3;10-17H,5-9H2,1-4H3. The summed E-state index contributed by atoms with van der Waals surface area (Å²) in [5, 5.41) is 10.5. The Bertz CT molecular complexity index is 2980. The van der Waals surface area contributed by atoms with Crippen molar-refractivity contribution in [3.63, 3.8) is 0 Å². The Morgan fingerprint density at radius 1 is 0.402 bits per heavy atom. The van der Waals surface area contributed by atoms with E-state index in [0.717, 1.165) is 150 Å². The van der Waals surface area contributed by atoms with Gasteiger partial charge in [-0.15, -0.1) is 0 Å². The summed E-state index contributed by atoms with van der Waals surface area (Å²) in [7, 11) is 4.27. The number of hydrogen-bond donors (Lipinski definition) is 1. The van der Waals surface area contributed by atoms with Crippen LogP contribution in [0.3, 0.4) is 0 Å². The normalized spacial score (nSPS) is 46.1. The third kappa shape index (κ3) is 15.5. The van der Waals surface area contributed by atoms with E-state index >= 15 is 0 Å². The molecular weight excluding hydrogens is 1340 g/mol. The van der Waals surface area contributed by atoms with E-state index in [2.05, 4.69) is 90.0 Å². The number of methoxy groups -OCH3 is 3. The number of fused-ring (bicyclic) bond motifs is 25. The summed E-state index contributed by atoms with van der Waals surface area (Å²) >= 11 is 0. The van der Waals surface area contributed by atoms with E-state index in [9.17, 15) is 33.9 Å². The summed E-state index contributed by atoms with van der Waals surface area (Å²) in [5.74, 6) is 23.1. The number of aliphatic hydroxyl groups is 1. The lowest BCUT2D eigenvalue weighted by molar-refractivity contribution is -0.174. The molecule has 0 saturated heterocycles. The summed E-state index contributed by atoms with van der Waals surface area (Å²) in [6, 6.07) is 0. The van der Waals surface area contributed by atoms with Crippen LogP contribution >= 0.6 is 0 Å². The molecule has 15 aliphatic carbocycles. The summed E-state index contributed by atoms with van der Waals surface area (Å²) in [6.07, 6.45) is 29.8. The molecule has 0 aromatic rings. The average molecular weight is 1490 g/mol. The maximum absolute atomic E-state index is 13.0. The average Bonchev–Trinajstić information content (AvgIpc) is 1.58. The molecule has 13 heteroatoms. The fourth-order valence-corrected chi connectivity index (χ4v) is 31.4. The second kappa shape index (κ2) is 34.5. The molecule has 1 N–H and O–H groups in total. The van der Waals surface area contributed by atoms with E-state index in [1.54, 1.807) is 0 Å². The smallest absolute Gasteiger partial charge is 0.312 e. The first-order chi connectivity index (χ1) is 50.9. The SMILES string of the molecule is CCC1CC(CC)C2C1C1CC2C(C)(C(=O)OC(C)(C)CC)C1.CCC1CC(CC)C2C3CC(C(C(=O)OC)C3C(=O)OC)C12.CCC1CC(CC)C2C3CC(CC3C(=O)OC(C)(C)C)C12.CCC1CC(CC)C2C3CC(CC3C(O)CC(=O)OC)C12.CCOC(=O)C1C(C)C2CC1C1C(CC)CC(CC)C21. The lowest BCUT2D eigenvalue weighted by Crippen LogP contribution is -2.45. The van der Waals surface area contributed by atoms with E-state index in [1.165, 1.54) is 143 Å². The Labute approximate surface area is 650 Å². The van der Waals surface area contributed by atoms with Crippen molar-refractivity contribution in [1.82, 2.24) is 0 Å². The highest BCUT2D eigenvalue weighted by atomic mass is 16.6. The Kier molecular flexibility index (Phi) is 27.3. The predicted octanol–water partition coefficient (Wildman–Crippen LogP) is 20.4. The van der Waals surface area contributed by atoms with Gasteiger partial charge in [-0.3, -0.25) is 28.8 Å². The maximum atomic E-state index is 13.0. The van der Waals surface area contributed by atoms with Gasteiger partial charge in [0.05, 0.1) is 69.5 Å². The van der Waals surface area contributed by atoms with Gasteiger partial charge in [0.25, 0.3) is 0 Å². The van der Waals surface area contributed by atoms with Crippen LogP contribution in [-0.4, -0.2) is 86.2 Å². The third-order valence-electron chi connectivity index (χ3n) is 35.5. The second-order valence-electron chi connectivity index (χ2n) is 40.7. The lowest BCUT2D eigenvalue weighted by atomic mass is 9.63. The minimum atomic E-state index is -0.494. The number of ether oxygens (including phenoxy) is 6. The monoisotopic (exact) mass is 1490 g/mol. The topological polar surface area (TPSA) is 178 Å². The number of aliphatic hydroxyl groups excluding tert-OH is 1. The molecule has 15 rings (SSSR count). The van der Waals surface area contributed by atoms with Crippen LogP contribution in [0.2, 0.25) is 0 Å². The quantitative estimate of drug-likeness (QED) is 0.0849. The molecule has 0 aromatic heterocycles. The highest BCUT2D eigenvalue weighted by Crippen LogP contribution is 2.73. The van der Waals surface area contributed by atoms with Gasteiger partial charge >= 0.3 is 35.8 Å². The van der Waals surface area contributed by atoms with Crippen molar-refractivity contribution in [3.8, 4) is 0 Å². The highest BCUT2D eigenvalue weighted by molar-refractivity contribution is 5.84. The summed E-state index contributed by atoms with van der Waals surface area (Å²) in [4.78, 5) is 74.1. The van der Waals surface area contributed by atoms with Crippen LogP contribution in [0.5, 0.6) is 0 Å². The molecule has 15 saturated carbocycles. The predicted molar refractivity (Wildman–Crippen MR) is 422 cm³/mol. The molecule has 0 radical (unpaired) electrons. The van der Waals surface area contributed by atoms with Crippen molar-refractivity contribution in [2.24, 2.45) is 218 Å². The largest absolute Gasteiger partial charge is 0.469 e. The van der Waals surface area contributed by atoms with Gasteiger partial charge in [0.1, 0.15) is 11.2 Å². The molecule has 38 unspecified atom stereocenters. The van der Waals surface area contributed by atoms with Crippen LogP contribution in [0, 0.1) is 218 Å². The second-order valence-corrected chi connectivity index (χ2v) is 40.7. The number of carbonyl (C=O) groups excluding carboxylic acids is 6. The molecule has 107 heavy (non-hydrogen) atoms. The van der Waals surface area contributed by atoms with E-state index in [1.807, 2.05) is 41.5 Å². The molecule has 0 aromatic carbocycles. The van der Waals surface area contributed by atoms with Gasteiger partial charge in [-0.1, -0.05) is 147 Å². The van der Waals surface area contributed by atoms with Crippen LogP contribution in [0.4, 0.5) is 0 Å². The Morgan fingerprint density at radius 3 is 1.21 bits per heavy atom. The molecule has 610 valence electrons. The first-order valence-corrected chi connectivity index (χ1v) is 45.5. The van der Waals surface area contributed by atoms with Crippen molar-refractivity contribution < 1.29 is 62.3 Å². The molecule has 15 fully saturated rings. The van der Waals surface area contributed by atoms with Crippen LogP contribution in [0.15, 0.2) is 0 Å². The van der Waals surface area contributed by atoms with Crippen LogP contribution in [0.1, 0.15) is 292 Å². The molecule has 13 nitrogen and oxygen atoms in total. The summed E-state index contributed by atoms with van der Waals surface area (Å²) in [6.45, 7) is 42.4. The number of carbonyl (C=O) groups is 6. The highest BCUT2D eigenvalue weighted by Gasteiger charge is 2.70. The van der Waals surface area contributed by atoms with Gasteiger partial charge < -0.3 is 33.5 Å². The summed E-state index contributed by atoms with van der Waals surface area (Å²) in [5.41, 5.74) is -0.897. The third-order valence-corrected chi connectivity index (χ3v) is 35.5. The minimum absolute atomic E-state index is 0.0863. The van der Waals surface area contributed by atoms with Crippen molar-refractivity contribution >= 4 is 35.8 Å². The summed E-state index contributed by atoms with van der Waals surface area (Å²) < 4.78 is 31.8. The van der Waals surface area contributed by atoms with Crippen LogP contribution in [0.25, 0.3) is 0 Å². The van der Waals surface area contributed by atoms with Gasteiger partial charge in [0, 0.05) is 0 Å². The van der Waals surface area contributed by atoms with Gasteiger partial charge in [0.2, 0.25) is 0 Å². The van der Waals surface area contributed by atoms with Crippen molar-refractivity contribution in [3.05, 3.63) is 0 Å². The first kappa shape index (κ1) is 84.7. The zero-order chi connectivity index (χ0) is 78.0. The van der Waals surface area contributed by atoms with Crippen LogP contribution < -0.4 is 0 Å². The van der Waals surface area contributed by atoms with Crippen molar-refractivity contribution in [2.75, 3.05) is 27.9 Å². The molecule has 10 bridgehead atoms. The molecule has 0 heterocycles. The van der Waals surface area contributed by atoms with Gasteiger partial charge in [0.15, 0.2) is 0 Å². The minimum Gasteiger partial charge on any atom is -0.469 e. The molecule has 0 aliphatic heterocycles. The van der Waals surface area contributed by atoms with Crippen molar-refractivity contribution in [2.45, 2.75) is 309 Å². The first-order valence-electron chi connectivity index (χ1n) is 45.5. The Hall–Kier alpha value is -3.22. The van der Waals surface area contributed by atoms with Gasteiger partial charge in [-0.2, -0.15) is 0 Å². The van der Waals surface area contributed by atoms with Crippen LogP contribution in [-0.2, 0) is 57.2 Å². The van der Waals surface area contributed by atoms with E-state index < -0.39 is 6.10 Å². The number of hydrogen-bond acceptors (Lipinski definition) is 13. The van der Waals surface area contributed by atoms with Gasteiger partial charge in [-0.05, 0) is 328 Å². The lowest BCUT2D eigenvalue weighted by Gasteiger charge is -2.42. The fraction of sp³-hybridized carbons (Fsp3) is 0.936. The van der Waals surface area contributed by atoms with E-state index in [4.69, 9.17) is 28.4 Å². The van der Waals surface area contributed by atoms with Crippen molar-refractivity contribution in [1.29, 1.82) is 0 Å². The maximum Gasteiger partial charge on any atom is 0.312 e. The zero-order valence-corrected chi connectivity index (χ0v) is 71.6. The number of rotatable bonds is 21. The fourth-order valence-electron chi connectivity index (χ4n) is 31.4. The molecule has 0 amide bonds. The molecular formula is C94H156O13. The van der Waals surface area contributed by atoms with Gasteiger partial charge in [-0.25, -0.2) is 0 Å². The molecule has 0 spiro atoms. The zero-order valence-electron chi connectivity index (χ0n) is 71.6. The molecule has 15 aliphatic rings. The Balaban J connectivity index is 0.000000133. The molecule has 38 atom stereocenters.